The SMILES string of the molecule is CC(Nc1ccc(N(C)C)c(Cl)c1)C(=O)O. The van der Waals surface area contributed by atoms with Gasteiger partial charge in [-0.3, -0.25) is 4.79 Å². The number of carboxylic acids is 1. The number of nitrogens with zero attached hydrogens (tertiary/aromatic N) is 1. The standard InChI is InChI=1S/C11H15ClN2O2/c1-7(11(15)16)13-8-4-5-10(14(2)3)9(12)6-8/h4-7,13H,1-3H3,(H,15,16). The van der Waals surface area contributed by atoms with Crippen molar-refractivity contribution in [3.8, 4) is 0 Å². The normalized spacial score (nSPS) is 12.0. The third-order valence-corrected chi connectivity index (χ3v) is 2.49. The zero-order valence-electron chi connectivity index (χ0n) is 9.49. The van der Waals surface area contributed by atoms with Crippen molar-refractivity contribution >= 4 is 28.9 Å². The van der Waals surface area contributed by atoms with Crippen molar-refractivity contribution in [2.24, 2.45) is 0 Å². The lowest BCUT2D eigenvalue weighted by Crippen LogP contribution is -2.25. The number of carbonyl (C=O) groups is 1. The van der Waals surface area contributed by atoms with Crippen LogP contribution in [0.5, 0.6) is 0 Å². The molecule has 5 heteroatoms. The fourth-order valence-corrected chi connectivity index (χ4v) is 1.62. The number of halogens is 1. The molecule has 0 amide bonds. The molecular weight excluding hydrogens is 228 g/mol. The van der Waals surface area contributed by atoms with Crippen LogP contribution in [0.4, 0.5) is 11.4 Å². The van der Waals surface area contributed by atoms with Crippen molar-refractivity contribution in [3.05, 3.63) is 23.2 Å². The third-order valence-electron chi connectivity index (χ3n) is 2.18. The highest BCUT2D eigenvalue weighted by Crippen LogP contribution is 2.27. The van der Waals surface area contributed by atoms with E-state index < -0.39 is 12.0 Å². The second-order valence-electron chi connectivity index (χ2n) is 3.76. The van der Waals surface area contributed by atoms with Gasteiger partial charge in [0.1, 0.15) is 6.04 Å². The minimum atomic E-state index is -0.896. The summed E-state index contributed by atoms with van der Waals surface area (Å²) < 4.78 is 0. The van der Waals surface area contributed by atoms with Gasteiger partial charge < -0.3 is 15.3 Å². The molecule has 16 heavy (non-hydrogen) atoms. The number of anilines is 2. The molecule has 0 bridgehead atoms. The van der Waals surface area contributed by atoms with E-state index in [0.29, 0.717) is 10.7 Å². The van der Waals surface area contributed by atoms with Gasteiger partial charge in [-0.05, 0) is 25.1 Å². The zero-order chi connectivity index (χ0) is 12.3. The largest absolute Gasteiger partial charge is 0.480 e. The van der Waals surface area contributed by atoms with Gasteiger partial charge in [-0.15, -0.1) is 0 Å². The Morgan fingerprint density at radius 2 is 2.12 bits per heavy atom. The molecule has 4 nitrogen and oxygen atoms in total. The molecule has 2 N–H and O–H groups in total. The summed E-state index contributed by atoms with van der Waals surface area (Å²) in [6.45, 7) is 1.58. The van der Waals surface area contributed by atoms with Crippen molar-refractivity contribution < 1.29 is 9.90 Å². The van der Waals surface area contributed by atoms with Crippen molar-refractivity contribution in [1.82, 2.24) is 0 Å². The number of benzene rings is 1. The first kappa shape index (κ1) is 12.6. The summed E-state index contributed by atoms with van der Waals surface area (Å²) in [5.74, 6) is -0.896. The molecule has 0 aliphatic rings. The van der Waals surface area contributed by atoms with Gasteiger partial charge in [-0.1, -0.05) is 11.6 Å². The molecule has 0 saturated carbocycles. The summed E-state index contributed by atoms with van der Waals surface area (Å²) in [7, 11) is 3.79. The Morgan fingerprint density at radius 1 is 1.50 bits per heavy atom. The smallest absolute Gasteiger partial charge is 0.325 e. The van der Waals surface area contributed by atoms with Gasteiger partial charge in [0.25, 0.3) is 0 Å². The van der Waals surface area contributed by atoms with Crippen molar-refractivity contribution in [2.45, 2.75) is 13.0 Å². The minimum Gasteiger partial charge on any atom is -0.480 e. The minimum absolute atomic E-state index is 0.590. The van der Waals surface area contributed by atoms with Gasteiger partial charge in [-0.25, -0.2) is 0 Å². The maximum atomic E-state index is 10.7. The second-order valence-corrected chi connectivity index (χ2v) is 4.17. The van der Waals surface area contributed by atoms with Crippen LogP contribution in [0.3, 0.4) is 0 Å². The van der Waals surface area contributed by atoms with E-state index in [1.165, 1.54) is 0 Å². The highest BCUT2D eigenvalue weighted by Gasteiger charge is 2.11. The molecule has 0 fully saturated rings. The molecule has 0 aromatic heterocycles. The van der Waals surface area contributed by atoms with E-state index in [-0.39, 0.29) is 0 Å². The predicted octanol–water partition coefficient (Wildman–Crippen LogP) is 2.29. The number of carboxylic acid groups (broad SMARTS) is 1. The first-order chi connectivity index (χ1) is 7.41. The Hall–Kier alpha value is -1.42. The summed E-state index contributed by atoms with van der Waals surface area (Å²) in [5.41, 5.74) is 1.60. The van der Waals surface area contributed by atoms with Gasteiger partial charge in [-0.2, -0.15) is 0 Å². The fourth-order valence-electron chi connectivity index (χ4n) is 1.27. The highest BCUT2D eigenvalue weighted by atomic mass is 35.5. The molecule has 1 rings (SSSR count). The van der Waals surface area contributed by atoms with E-state index in [0.717, 1.165) is 5.69 Å². The molecule has 0 aliphatic carbocycles. The molecule has 0 heterocycles. The molecule has 0 saturated heterocycles. The van der Waals surface area contributed by atoms with Crippen LogP contribution in [-0.2, 0) is 4.79 Å². The predicted molar refractivity (Wildman–Crippen MR) is 66.5 cm³/mol. The molecule has 1 unspecified atom stereocenters. The van der Waals surface area contributed by atoms with Gasteiger partial charge >= 0.3 is 5.97 Å². The monoisotopic (exact) mass is 242 g/mol. The highest BCUT2D eigenvalue weighted by molar-refractivity contribution is 6.33. The molecule has 1 atom stereocenters. The Bertz CT molecular complexity index is 394. The van der Waals surface area contributed by atoms with E-state index in [1.807, 2.05) is 25.1 Å². The summed E-state index contributed by atoms with van der Waals surface area (Å²) in [6.07, 6.45) is 0. The average Bonchev–Trinajstić information content (AvgIpc) is 2.16. The Morgan fingerprint density at radius 3 is 2.56 bits per heavy atom. The first-order valence-corrected chi connectivity index (χ1v) is 5.26. The maximum absolute atomic E-state index is 10.7. The number of nitrogens with one attached hydrogen (secondary N) is 1. The van der Waals surface area contributed by atoms with Crippen LogP contribution in [0.25, 0.3) is 0 Å². The Kier molecular flexibility index (Phi) is 4.01. The Labute approximate surface area is 99.8 Å². The van der Waals surface area contributed by atoms with Crippen molar-refractivity contribution in [2.75, 3.05) is 24.3 Å². The lowest BCUT2D eigenvalue weighted by Gasteiger charge is -2.16. The number of aliphatic carboxylic acids is 1. The molecule has 88 valence electrons. The van der Waals surface area contributed by atoms with E-state index in [1.54, 1.807) is 19.1 Å². The van der Waals surface area contributed by atoms with Crippen LogP contribution in [0.2, 0.25) is 5.02 Å². The fraction of sp³-hybridized carbons (Fsp3) is 0.364. The van der Waals surface area contributed by atoms with Crippen molar-refractivity contribution in [3.63, 3.8) is 0 Å². The van der Waals surface area contributed by atoms with Crippen LogP contribution in [-0.4, -0.2) is 31.2 Å². The quantitative estimate of drug-likeness (QED) is 0.851. The average molecular weight is 243 g/mol. The van der Waals surface area contributed by atoms with Crippen LogP contribution in [0, 0.1) is 0 Å². The first-order valence-electron chi connectivity index (χ1n) is 4.88. The summed E-state index contributed by atoms with van der Waals surface area (Å²) in [5, 5.41) is 12.2. The summed E-state index contributed by atoms with van der Waals surface area (Å²) in [6, 6.07) is 4.73. The van der Waals surface area contributed by atoms with E-state index in [9.17, 15) is 4.79 Å². The van der Waals surface area contributed by atoms with Crippen LogP contribution in [0.1, 0.15) is 6.92 Å². The van der Waals surface area contributed by atoms with E-state index in [4.69, 9.17) is 16.7 Å². The van der Waals surface area contributed by atoms with Crippen LogP contribution < -0.4 is 10.2 Å². The molecule has 0 radical (unpaired) electrons. The second kappa shape index (κ2) is 5.07. The number of rotatable bonds is 4. The molecule has 1 aromatic rings. The van der Waals surface area contributed by atoms with Gasteiger partial charge in [0.15, 0.2) is 0 Å². The lowest BCUT2D eigenvalue weighted by atomic mass is 10.2. The molecular formula is C11H15ClN2O2. The van der Waals surface area contributed by atoms with Gasteiger partial charge in [0, 0.05) is 19.8 Å². The number of hydrogen-bond acceptors (Lipinski definition) is 3. The molecule has 0 spiro atoms. The van der Waals surface area contributed by atoms with E-state index >= 15 is 0 Å². The summed E-state index contributed by atoms with van der Waals surface area (Å²) in [4.78, 5) is 12.6. The number of hydrogen-bond donors (Lipinski definition) is 2. The van der Waals surface area contributed by atoms with Gasteiger partial charge in [0.05, 0.1) is 10.7 Å². The molecule has 0 aliphatic heterocycles. The summed E-state index contributed by atoms with van der Waals surface area (Å²) >= 11 is 6.06. The molecule has 1 aromatic carbocycles. The maximum Gasteiger partial charge on any atom is 0.325 e. The van der Waals surface area contributed by atoms with Crippen LogP contribution in [0.15, 0.2) is 18.2 Å². The van der Waals surface area contributed by atoms with Crippen LogP contribution >= 0.6 is 11.6 Å². The van der Waals surface area contributed by atoms with Crippen molar-refractivity contribution in [1.29, 1.82) is 0 Å². The zero-order valence-corrected chi connectivity index (χ0v) is 10.2. The van der Waals surface area contributed by atoms with E-state index in [2.05, 4.69) is 5.32 Å². The third kappa shape index (κ3) is 3.03. The Balaban J connectivity index is 2.85. The van der Waals surface area contributed by atoms with Gasteiger partial charge in [0.2, 0.25) is 0 Å². The topological polar surface area (TPSA) is 52.6 Å². The lowest BCUT2D eigenvalue weighted by molar-refractivity contribution is -0.137.